The Balaban J connectivity index is 2.60. The van der Waals surface area contributed by atoms with Crippen molar-refractivity contribution in [3.63, 3.8) is 0 Å². The number of aliphatic hydroxyl groups is 2. The van der Waals surface area contributed by atoms with E-state index in [1.165, 1.54) is 19.2 Å². The molecule has 2 atom stereocenters. The summed E-state index contributed by atoms with van der Waals surface area (Å²) in [4.78, 5) is 0. The summed E-state index contributed by atoms with van der Waals surface area (Å²) in [7, 11) is 1.46. The van der Waals surface area contributed by atoms with Gasteiger partial charge in [0.05, 0.1) is 12.7 Å². The van der Waals surface area contributed by atoms with Crippen molar-refractivity contribution < 1.29 is 24.1 Å². The lowest BCUT2D eigenvalue weighted by Gasteiger charge is -2.13. The van der Waals surface area contributed by atoms with Crippen LogP contribution in [0, 0.1) is 5.82 Å². The molecule has 0 bridgehead atoms. The van der Waals surface area contributed by atoms with Gasteiger partial charge >= 0.3 is 0 Å². The zero-order valence-electron chi connectivity index (χ0n) is 9.89. The lowest BCUT2D eigenvalue weighted by Crippen LogP contribution is -2.22. The Bertz CT molecular complexity index is 354. The van der Waals surface area contributed by atoms with Crippen molar-refractivity contribution in [3.05, 3.63) is 29.6 Å². The number of aliphatic hydroxyl groups excluding tert-OH is 2. The zero-order chi connectivity index (χ0) is 12.8. The minimum atomic E-state index is -0.796. The van der Waals surface area contributed by atoms with Gasteiger partial charge in [0.1, 0.15) is 12.7 Å². The molecule has 0 aromatic heterocycles. The predicted molar refractivity (Wildman–Crippen MR) is 60.4 cm³/mol. The second kappa shape index (κ2) is 6.54. The molecular formula is C12H17FO4. The van der Waals surface area contributed by atoms with Gasteiger partial charge in [0.15, 0.2) is 11.6 Å². The van der Waals surface area contributed by atoms with E-state index in [4.69, 9.17) is 9.47 Å². The van der Waals surface area contributed by atoms with E-state index >= 15 is 0 Å². The molecule has 1 aromatic carbocycles. The molecule has 0 aliphatic heterocycles. The highest BCUT2D eigenvalue weighted by Gasteiger charge is 2.10. The van der Waals surface area contributed by atoms with Gasteiger partial charge in [-0.1, -0.05) is 6.07 Å². The minimum absolute atomic E-state index is 0.0429. The fourth-order valence-corrected chi connectivity index (χ4v) is 1.32. The van der Waals surface area contributed by atoms with Gasteiger partial charge in [-0.25, -0.2) is 4.39 Å². The summed E-state index contributed by atoms with van der Waals surface area (Å²) in [6, 6.07) is 4.21. The van der Waals surface area contributed by atoms with Crippen LogP contribution in [0.5, 0.6) is 5.75 Å². The first kappa shape index (κ1) is 13.9. The Morgan fingerprint density at radius 1 is 1.29 bits per heavy atom. The van der Waals surface area contributed by atoms with Gasteiger partial charge in [0, 0.05) is 7.11 Å². The van der Waals surface area contributed by atoms with E-state index in [1.807, 2.05) is 0 Å². The molecule has 17 heavy (non-hydrogen) atoms. The number of hydrogen-bond donors (Lipinski definition) is 2. The van der Waals surface area contributed by atoms with E-state index in [-0.39, 0.29) is 19.0 Å². The van der Waals surface area contributed by atoms with Gasteiger partial charge < -0.3 is 19.7 Å². The lowest BCUT2D eigenvalue weighted by molar-refractivity contribution is 0.0316. The molecule has 0 aliphatic carbocycles. The molecule has 5 heteroatoms. The fraction of sp³-hybridized carbons (Fsp3) is 0.500. The molecule has 0 radical (unpaired) electrons. The molecule has 2 unspecified atom stereocenters. The molecule has 0 saturated carbocycles. The van der Waals surface area contributed by atoms with E-state index in [0.29, 0.717) is 5.56 Å². The Morgan fingerprint density at radius 3 is 2.53 bits per heavy atom. The third-order valence-electron chi connectivity index (χ3n) is 2.23. The van der Waals surface area contributed by atoms with Crippen LogP contribution in [0.3, 0.4) is 0 Å². The first-order valence-electron chi connectivity index (χ1n) is 5.32. The molecular weight excluding hydrogens is 227 g/mol. The summed E-state index contributed by atoms with van der Waals surface area (Å²) < 4.78 is 23.3. The quantitative estimate of drug-likeness (QED) is 0.791. The molecule has 1 aromatic rings. The van der Waals surface area contributed by atoms with E-state index < -0.39 is 18.0 Å². The van der Waals surface area contributed by atoms with Crippen molar-refractivity contribution in [1.29, 1.82) is 0 Å². The SMILES string of the molecule is COCC(O)COc1ccc(C(C)O)cc1F. The summed E-state index contributed by atoms with van der Waals surface area (Å²) in [5.41, 5.74) is 0.479. The van der Waals surface area contributed by atoms with E-state index in [9.17, 15) is 14.6 Å². The summed E-state index contributed by atoms with van der Waals surface area (Å²) in [6.45, 7) is 1.64. The number of methoxy groups -OCH3 is 1. The van der Waals surface area contributed by atoms with Gasteiger partial charge in [0.2, 0.25) is 0 Å². The standard InChI is InChI=1S/C12H17FO4/c1-8(14)9-3-4-12(11(13)5-9)17-7-10(15)6-16-2/h3-5,8,10,14-15H,6-7H2,1-2H3. The molecule has 0 saturated heterocycles. The van der Waals surface area contributed by atoms with Crippen molar-refractivity contribution in [3.8, 4) is 5.75 Å². The Morgan fingerprint density at radius 2 is 2.00 bits per heavy atom. The third kappa shape index (κ3) is 4.30. The van der Waals surface area contributed by atoms with E-state index in [2.05, 4.69) is 0 Å². The van der Waals surface area contributed by atoms with Crippen LogP contribution in [0.1, 0.15) is 18.6 Å². The highest BCUT2D eigenvalue weighted by atomic mass is 19.1. The molecule has 0 spiro atoms. The van der Waals surface area contributed by atoms with Crippen LogP contribution in [0.25, 0.3) is 0 Å². The Kier molecular flexibility index (Phi) is 5.34. The summed E-state index contributed by atoms with van der Waals surface area (Å²) in [6.07, 6.45) is -1.52. The van der Waals surface area contributed by atoms with Gasteiger partial charge in [0.25, 0.3) is 0 Å². The minimum Gasteiger partial charge on any atom is -0.488 e. The fourth-order valence-electron chi connectivity index (χ4n) is 1.32. The molecule has 0 amide bonds. The maximum Gasteiger partial charge on any atom is 0.165 e. The first-order chi connectivity index (χ1) is 8.04. The lowest BCUT2D eigenvalue weighted by atomic mass is 10.1. The van der Waals surface area contributed by atoms with E-state index in [1.54, 1.807) is 13.0 Å². The second-order valence-electron chi connectivity index (χ2n) is 3.79. The van der Waals surface area contributed by atoms with Crippen LogP contribution in [-0.4, -0.2) is 36.6 Å². The number of rotatable bonds is 6. The number of hydrogen-bond acceptors (Lipinski definition) is 4. The molecule has 4 nitrogen and oxygen atoms in total. The molecule has 0 aliphatic rings. The smallest absolute Gasteiger partial charge is 0.165 e. The van der Waals surface area contributed by atoms with Crippen LogP contribution in [0.4, 0.5) is 4.39 Å². The molecule has 0 heterocycles. The Labute approximate surface area is 99.6 Å². The zero-order valence-corrected chi connectivity index (χ0v) is 9.89. The highest BCUT2D eigenvalue weighted by Crippen LogP contribution is 2.22. The van der Waals surface area contributed by atoms with Gasteiger partial charge in [-0.3, -0.25) is 0 Å². The molecule has 1 rings (SSSR count). The van der Waals surface area contributed by atoms with Gasteiger partial charge in [-0.2, -0.15) is 0 Å². The molecule has 2 N–H and O–H groups in total. The summed E-state index contributed by atoms with van der Waals surface area (Å²) >= 11 is 0. The second-order valence-corrected chi connectivity index (χ2v) is 3.79. The normalized spacial score (nSPS) is 14.4. The van der Waals surface area contributed by atoms with Crippen molar-refractivity contribution in [2.75, 3.05) is 20.3 Å². The van der Waals surface area contributed by atoms with Crippen LogP contribution >= 0.6 is 0 Å². The largest absolute Gasteiger partial charge is 0.488 e. The Hall–Kier alpha value is -1.17. The van der Waals surface area contributed by atoms with Gasteiger partial charge in [-0.15, -0.1) is 0 Å². The summed E-state index contributed by atoms with van der Waals surface area (Å²) in [5, 5.41) is 18.6. The van der Waals surface area contributed by atoms with Crippen LogP contribution in [-0.2, 0) is 4.74 Å². The average molecular weight is 244 g/mol. The number of benzene rings is 1. The molecule has 96 valence electrons. The van der Waals surface area contributed by atoms with Gasteiger partial charge in [-0.05, 0) is 24.6 Å². The maximum absolute atomic E-state index is 13.5. The van der Waals surface area contributed by atoms with E-state index in [0.717, 1.165) is 0 Å². The van der Waals surface area contributed by atoms with Crippen LogP contribution in [0.15, 0.2) is 18.2 Å². The monoisotopic (exact) mass is 244 g/mol. The van der Waals surface area contributed by atoms with Crippen molar-refractivity contribution in [2.24, 2.45) is 0 Å². The van der Waals surface area contributed by atoms with Crippen LogP contribution in [0.2, 0.25) is 0 Å². The summed E-state index contributed by atoms with van der Waals surface area (Å²) in [5.74, 6) is -0.516. The van der Waals surface area contributed by atoms with Crippen molar-refractivity contribution in [2.45, 2.75) is 19.1 Å². The number of halogens is 1. The highest BCUT2D eigenvalue weighted by molar-refractivity contribution is 5.30. The first-order valence-corrected chi connectivity index (χ1v) is 5.32. The van der Waals surface area contributed by atoms with Crippen molar-refractivity contribution in [1.82, 2.24) is 0 Å². The topological polar surface area (TPSA) is 58.9 Å². The average Bonchev–Trinajstić information content (AvgIpc) is 2.27. The predicted octanol–water partition coefficient (Wildman–Crippen LogP) is 1.27. The third-order valence-corrected chi connectivity index (χ3v) is 2.23. The maximum atomic E-state index is 13.5. The number of ether oxygens (including phenoxy) is 2. The molecule has 0 fully saturated rings. The van der Waals surface area contributed by atoms with Crippen LogP contribution < -0.4 is 4.74 Å². The van der Waals surface area contributed by atoms with Crippen molar-refractivity contribution >= 4 is 0 Å².